The maximum atomic E-state index is 12.8. The first-order chi connectivity index (χ1) is 8.86. The number of nitrogens with two attached hydrogens (primary N) is 1. The predicted molar refractivity (Wildman–Crippen MR) is 67.7 cm³/mol. The summed E-state index contributed by atoms with van der Waals surface area (Å²) in [6, 6.07) is 4.40. The Bertz CT molecular complexity index is 437. The van der Waals surface area contributed by atoms with Crippen LogP contribution in [0.15, 0.2) is 24.3 Å². The number of ether oxygens (including phenoxy) is 1. The summed E-state index contributed by atoms with van der Waals surface area (Å²) in [6.07, 6.45) is -4.43. The highest BCUT2D eigenvalue weighted by molar-refractivity contribution is 7.99. The topological polar surface area (TPSA) is 52.3 Å². The van der Waals surface area contributed by atoms with Crippen LogP contribution in [-0.2, 0) is 15.7 Å². The molecule has 0 aromatic heterocycles. The number of carbonyl (C=O) groups is 1. The van der Waals surface area contributed by atoms with Gasteiger partial charge in [0.25, 0.3) is 0 Å². The van der Waals surface area contributed by atoms with Crippen molar-refractivity contribution in [3.8, 4) is 0 Å². The van der Waals surface area contributed by atoms with E-state index < -0.39 is 23.8 Å². The molecule has 1 aromatic rings. The average molecular weight is 293 g/mol. The fourth-order valence-corrected chi connectivity index (χ4v) is 2.33. The van der Waals surface area contributed by atoms with Gasteiger partial charge in [-0.05, 0) is 11.6 Å². The number of thioether (sulfide) groups is 1. The highest BCUT2D eigenvalue weighted by atomic mass is 32.2. The molecular weight excluding hydrogens is 279 g/mol. The van der Waals surface area contributed by atoms with Crippen LogP contribution in [-0.4, -0.2) is 24.6 Å². The predicted octanol–water partition coefficient (Wildman–Crippen LogP) is 2.61. The van der Waals surface area contributed by atoms with E-state index in [9.17, 15) is 18.0 Å². The molecule has 0 bridgehead atoms. The zero-order chi connectivity index (χ0) is 14.5. The van der Waals surface area contributed by atoms with Crippen molar-refractivity contribution in [1.29, 1.82) is 0 Å². The van der Waals surface area contributed by atoms with Gasteiger partial charge in [-0.25, -0.2) is 0 Å². The lowest BCUT2D eigenvalue weighted by Gasteiger charge is -2.17. The third-order valence-electron chi connectivity index (χ3n) is 2.41. The van der Waals surface area contributed by atoms with Crippen LogP contribution < -0.4 is 5.73 Å². The number of benzene rings is 1. The lowest BCUT2D eigenvalue weighted by molar-refractivity contribution is -0.138. The Hall–Kier alpha value is -1.21. The van der Waals surface area contributed by atoms with E-state index in [0.717, 1.165) is 17.8 Å². The fourth-order valence-electron chi connectivity index (χ4n) is 1.50. The molecule has 19 heavy (non-hydrogen) atoms. The molecule has 3 nitrogen and oxygen atoms in total. The third kappa shape index (κ3) is 4.76. The number of hydrogen-bond acceptors (Lipinski definition) is 4. The summed E-state index contributed by atoms with van der Waals surface area (Å²) in [5.41, 5.74) is 5.05. The maximum absolute atomic E-state index is 12.8. The quantitative estimate of drug-likeness (QED) is 0.848. The third-order valence-corrected chi connectivity index (χ3v) is 3.45. The molecule has 106 valence electrons. The van der Waals surface area contributed by atoms with Crippen LogP contribution in [0.4, 0.5) is 13.2 Å². The number of halogens is 3. The van der Waals surface area contributed by atoms with Crippen molar-refractivity contribution < 1.29 is 22.7 Å². The molecule has 1 unspecified atom stereocenters. The molecule has 0 saturated heterocycles. The highest BCUT2D eigenvalue weighted by Gasteiger charge is 2.34. The zero-order valence-electron chi connectivity index (χ0n) is 10.2. The smallest absolute Gasteiger partial charge is 0.416 e. The van der Waals surface area contributed by atoms with Crippen molar-refractivity contribution in [1.82, 2.24) is 0 Å². The molecule has 7 heteroatoms. The summed E-state index contributed by atoms with van der Waals surface area (Å²) in [5, 5.41) is 0. The largest absolute Gasteiger partial charge is 0.468 e. The molecule has 1 atom stereocenters. The van der Waals surface area contributed by atoms with E-state index >= 15 is 0 Å². The second kappa shape index (κ2) is 6.81. The minimum atomic E-state index is -4.43. The van der Waals surface area contributed by atoms with Crippen molar-refractivity contribution in [2.24, 2.45) is 5.73 Å². The first kappa shape index (κ1) is 15.8. The number of rotatable bonds is 5. The molecule has 0 saturated carbocycles. The molecule has 0 aliphatic heterocycles. The molecule has 0 radical (unpaired) electrons. The Labute approximate surface area is 113 Å². The second-order valence-corrected chi connectivity index (χ2v) is 4.81. The van der Waals surface area contributed by atoms with E-state index in [1.54, 1.807) is 0 Å². The number of esters is 1. The van der Waals surface area contributed by atoms with Crippen LogP contribution in [0, 0.1) is 0 Å². The number of hydrogen-bond donors (Lipinski definition) is 1. The fraction of sp³-hybridized carbons (Fsp3) is 0.417. The average Bonchev–Trinajstić information content (AvgIpc) is 2.37. The van der Waals surface area contributed by atoms with E-state index in [1.807, 2.05) is 0 Å². The number of carbonyl (C=O) groups excluding carboxylic acids is 1. The van der Waals surface area contributed by atoms with Crippen molar-refractivity contribution >= 4 is 17.7 Å². The van der Waals surface area contributed by atoms with Gasteiger partial charge in [0.2, 0.25) is 0 Å². The van der Waals surface area contributed by atoms with Gasteiger partial charge in [0, 0.05) is 11.8 Å². The Morgan fingerprint density at radius 1 is 1.42 bits per heavy atom. The van der Waals surface area contributed by atoms with Crippen LogP contribution in [0.1, 0.15) is 17.2 Å². The molecule has 2 N–H and O–H groups in total. The number of alkyl halides is 3. The first-order valence-corrected chi connectivity index (χ1v) is 6.58. The summed E-state index contributed by atoms with van der Waals surface area (Å²) < 4.78 is 42.8. The zero-order valence-corrected chi connectivity index (χ0v) is 11.1. The standard InChI is InChI=1S/C12H14F3NO2S/c1-18-11(17)7-19-6-10(16)8-4-2-3-5-9(8)12(13,14)15/h2-5,10H,6-7,16H2,1H3. The van der Waals surface area contributed by atoms with Gasteiger partial charge < -0.3 is 10.5 Å². The van der Waals surface area contributed by atoms with Gasteiger partial charge in [-0.2, -0.15) is 13.2 Å². The van der Waals surface area contributed by atoms with Crippen molar-refractivity contribution in [3.63, 3.8) is 0 Å². The Balaban J connectivity index is 2.72. The summed E-state index contributed by atoms with van der Waals surface area (Å²) in [4.78, 5) is 10.9. The first-order valence-electron chi connectivity index (χ1n) is 5.42. The maximum Gasteiger partial charge on any atom is 0.416 e. The Morgan fingerprint density at radius 2 is 2.05 bits per heavy atom. The van der Waals surface area contributed by atoms with Crippen LogP contribution in [0.3, 0.4) is 0 Å². The molecule has 0 heterocycles. The monoisotopic (exact) mass is 293 g/mol. The van der Waals surface area contributed by atoms with Gasteiger partial charge in [0.05, 0.1) is 18.4 Å². The molecule has 0 aliphatic rings. The van der Waals surface area contributed by atoms with Gasteiger partial charge in [-0.3, -0.25) is 4.79 Å². The van der Waals surface area contributed by atoms with Gasteiger partial charge >= 0.3 is 12.1 Å². The highest BCUT2D eigenvalue weighted by Crippen LogP contribution is 2.34. The van der Waals surface area contributed by atoms with E-state index in [2.05, 4.69) is 4.74 Å². The Morgan fingerprint density at radius 3 is 2.63 bits per heavy atom. The normalized spacial score (nSPS) is 13.1. The second-order valence-electron chi connectivity index (χ2n) is 3.78. The number of methoxy groups -OCH3 is 1. The van der Waals surface area contributed by atoms with Crippen LogP contribution >= 0.6 is 11.8 Å². The minimum Gasteiger partial charge on any atom is -0.468 e. The van der Waals surface area contributed by atoms with E-state index in [0.29, 0.717) is 0 Å². The van der Waals surface area contributed by atoms with Gasteiger partial charge in [-0.1, -0.05) is 18.2 Å². The molecule has 0 fully saturated rings. The summed E-state index contributed by atoms with van der Waals surface area (Å²) in [7, 11) is 1.25. The minimum absolute atomic E-state index is 0.0346. The van der Waals surface area contributed by atoms with Gasteiger partial charge in [0.15, 0.2) is 0 Å². The molecular formula is C12H14F3NO2S. The molecule has 1 aromatic carbocycles. The Kier molecular flexibility index (Phi) is 5.68. The van der Waals surface area contributed by atoms with E-state index in [-0.39, 0.29) is 17.1 Å². The van der Waals surface area contributed by atoms with E-state index in [4.69, 9.17) is 5.73 Å². The molecule has 0 aliphatic carbocycles. The molecule has 0 amide bonds. The van der Waals surface area contributed by atoms with Crippen molar-refractivity contribution in [3.05, 3.63) is 35.4 Å². The van der Waals surface area contributed by atoms with Crippen LogP contribution in [0.2, 0.25) is 0 Å². The van der Waals surface area contributed by atoms with Crippen molar-refractivity contribution in [2.45, 2.75) is 12.2 Å². The summed E-state index contributed by atoms with van der Waals surface area (Å²) in [5.74, 6) is -0.151. The SMILES string of the molecule is COC(=O)CSCC(N)c1ccccc1C(F)(F)F. The van der Waals surface area contributed by atoms with Gasteiger partial charge in [-0.15, -0.1) is 11.8 Å². The van der Waals surface area contributed by atoms with E-state index in [1.165, 1.54) is 25.3 Å². The summed E-state index contributed by atoms with van der Waals surface area (Å²) in [6.45, 7) is 0. The molecule has 1 rings (SSSR count). The molecule has 0 spiro atoms. The van der Waals surface area contributed by atoms with Crippen LogP contribution in [0.5, 0.6) is 0 Å². The van der Waals surface area contributed by atoms with Gasteiger partial charge in [0.1, 0.15) is 0 Å². The summed E-state index contributed by atoms with van der Waals surface area (Å²) >= 11 is 1.14. The van der Waals surface area contributed by atoms with Crippen molar-refractivity contribution in [2.75, 3.05) is 18.6 Å². The lowest BCUT2D eigenvalue weighted by Crippen LogP contribution is -2.20. The lowest BCUT2D eigenvalue weighted by atomic mass is 10.0. The van der Waals surface area contributed by atoms with Crippen LogP contribution in [0.25, 0.3) is 0 Å².